The van der Waals surface area contributed by atoms with Crippen LogP contribution < -0.4 is 5.32 Å². The quantitative estimate of drug-likeness (QED) is 0.294. The van der Waals surface area contributed by atoms with Crippen molar-refractivity contribution in [3.05, 3.63) is 51.9 Å². The molecule has 1 amide bonds. The third-order valence-corrected chi connectivity index (χ3v) is 8.44. The lowest BCUT2D eigenvalue weighted by atomic mass is 9.60. The van der Waals surface area contributed by atoms with Crippen LogP contribution in [0.25, 0.3) is 22.4 Å². The molecule has 0 unspecified atom stereocenters. The van der Waals surface area contributed by atoms with Crippen molar-refractivity contribution in [3.8, 4) is 22.4 Å². The normalized spacial score (nSPS) is 16.5. The molecule has 3 aromatic rings. The molecule has 5 rings (SSSR count). The van der Waals surface area contributed by atoms with Crippen LogP contribution in [-0.2, 0) is 4.74 Å². The van der Waals surface area contributed by atoms with Crippen LogP contribution in [-0.4, -0.2) is 57.7 Å². The van der Waals surface area contributed by atoms with Crippen LogP contribution in [0.2, 0.25) is 5.02 Å². The first-order valence-electron chi connectivity index (χ1n) is 13.6. The van der Waals surface area contributed by atoms with Gasteiger partial charge < -0.3 is 20.4 Å². The number of ether oxygens (including phenoxy) is 1. The second-order valence-corrected chi connectivity index (χ2v) is 12.5. The predicted molar refractivity (Wildman–Crippen MR) is 156 cm³/mol. The summed E-state index contributed by atoms with van der Waals surface area (Å²) in [6.45, 7) is 10.2. The number of hydrogen-bond donors (Lipinski definition) is 2. The number of rotatable bonds is 6. The van der Waals surface area contributed by atoms with E-state index in [0.29, 0.717) is 70.3 Å². The molecule has 218 valence electrons. The molecule has 1 saturated carbocycles. The fourth-order valence-electron chi connectivity index (χ4n) is 6.10. The Morgan fingerprint density at radius 2 is 1.95 bits per heavy atom. The highest BCUT2D eigenvalue weighted by Gasteiger charge is 2.56. The molecular formula is C30H35ClF2N6O2. The molecule has 0 bridgehead atoms. The van der Waals surface area contributed by atoms with Gasteiger partial charge in [0.2, 0.25) is 0 Å². The van der Waals surface area contributed by atoms with Gasteiger partial charge in [0.1, 0.15) is 17.0 Å². The Morgan fingerprint density at radius 1 is 1.27 bits per heavy atom. The molecular weight excluding hydrogens is 550 g/mol. The van der Waals surface area contributed by atoms with Crippen molar-refractivity contribution in [3.63, 3.8) is 0 Å². The van der Waals surface area contributed by atoms with E-state index in [1.807, 2.05) is 40.7 Å². The van der Waals surface area contributed by atoms with Gasteiger partial charge in [0.25, 0.3) is 6.43 Å². The molecule has 41 heavy (non-hydrogen) atoms. The largest absolute Gasteiger partial charge is 0.444 e. The lowest BCUT2D eigenvalue weighted by Crippen LogP contribution is -2.64. The predicted octanol–water partition coefficient (Wildman–Crippen LogP) is 7.43. The molecule has 2 aliphatic rings. The third-order valence-electron chi connectivity index (χ3n) is 7.95. The smallest absolute Gasteiger partial charge is 0.410 e. The van der Waals surface area contributed by atoms with E-state index >= 15 is 8.78 Å². The molecule has 1 aromatic carbocycles. The molecule has 0 atom stereocenters. The van der Waals surface area contributed by atoms with E-state index in [9.17, 15) is 4.79 Å². The van der Waals surface area contributed by atoms with Gasteiger partial charge in [0.05, 0.1) is 11.1 Å². The van der Waals surface area contributed by atoms with Gasteiger partial charge in [0.15, 0.2) is 0 Å². The van der Waals surface area contributed by atoms with Crippen molar-refractivity contribution in [2.45, 2.75) is 65.5 Å². The number of aromatic nitrogens is 3. The van der Waals surface area contributed by atoms with E-state index in [1.165, 1.54) is 4.68 Å². The number of carbonyl (C=O) groups is 1. The van der Waals surface area contributed by atoms with Crippen molar-refractivity contribution >= 4 is 29.6 Å². The molecule has 1 spiro atoms. The molecule has 0 radical (unpaired) electrons. The van der Waals surface area contributed by atoms with Gasteiger partial charge in [-0.15, -0.1) is 0 Å². The number of carbonyl (C=O) groups excluding carboxylic acids is 1. The highest BCUT2D eigenvalue weighted by Crippen LogP contribution is 2.56. The fraction of sp³-hybridized carbons (Fsp3) is 0.467. The van der Waals surface area contributed by atoms with E-state index in [0.717, 1.165) is 6.21 Å². The van der Waals surface area contributed by atoms with Gasteiger partial charge in [0, 0.05) is 71.6 Å². The van der Waals surface area contributed by atoms with Gasteiger partial charge in [-0.1, -0.05) is 11.6 Å². The SMILES string of the molecule is CNc1cc(C)c(Cl)c(-c2c(-c3cccnc3C)nn(C3CC4(C3)CN(C(=O)OC(C)(C)C)C4)c2C(F)F)c1C=N. The monoisotopic (exact) mass is 584 g/mol. The number of likely N-dealkylation sites (tertiary alicyclic amines) is 1. The van der Waals surface area contributed by atoms with E-state index in [1.54, 1.807) is 30.3 Å². The topological polar surface area (TPSA) is 96.1 Å². The molecule has 1 aliphatic heterocycles. The minimum Gasteiger partial charge on any atom is -0.444 e. The lowest BCUT2D eigenvalue weighted by Gasteiger charge is -2.58. The highest BCUT2D eigenvalue weighted by atomic mass is 35.5. The first-order valence-corrected chi connectivity index (χ1v) is 14.0. The first-order chi connectivity index (χ1) is 19.3. The number of hydrogen-bond acceptors (Lipinski definition) is 6. The summed E-state index contributed by atoms with van der Waals surface area (Å²) >= 11 is 6.84. The lowest BCUT2D eigenvalue weighted by molar-refractivity contribution is -0.0941. The minimum absolute atomic E-state index is 0.141. The number of nitrogens with zero attached hydrogens (tertiary/aromatic N) is 4. The van der Waals surface area contributed by atoms with Gasteiger partial charge in [-0.3, -0.25) is 9.67 Å². The highest BCUT2D eigenvalue weighted by molar-refractivity contribution is 6.35. The zero-order valence-corrected chi connectivity index (χ0v) is 24.9. The molecule has 1 saturated heterocycles. The van der Waals surface area contributed by atoms with Crippen LogP contribution in [0.15, 0.2) is 24.4 Å². The second kappa shape index (κ2) is 10.4. The number of nitrogens with one attached hydrogen (secondary N) is 2. The summed E-state index contributed by atoms with van der Waals surface area (Å²) in [7, 11) is 1.72. The summed E-state index contributed by atoms with van der Waals surface area (Å²) in [4.78, 5) is 18.5. The van der Waals surface area contributed by atoms with Gasteiger partial charge in [-0.25, -0.2) is 13.6 Å². The summed E-state index contributed by atoms with van der Waals surface area (Å²) in [5.74, 6) is 0. The Balaban J connectivity index is 1.60. The van der Waals surface area contributed by atoms with Crippen molar-refractivity contribution in [1.29, 1.82) is 5.41 Å². The Hall–Kier alpha value is -3.53. The minimum atomic E-state index is -2.85. The zero-order valence-electron chi connectivity index (χ0n) is 24.1. The van der Waals surface area contributed by atoms with Crippen molar-refractivity contribution in [2.75, 3.05) is 25.5 Å². The Bertz CT molecular complexity index is 1520. The van der Waals surface area contributed by atoms with Crippen LogP contribution in [0, 0.1) is 24.7 Å². The van der Waals surface area contributed by atoms with Crippen LogP contribution in [0.4, 0.5) is 19.3 Å². The first kappa shape index (κ1) is 29.0. The van der Waals surface area contributed by atoms with Crippen LogP contribution in [0.3, 0.4) is 0 Å². The summed E-state index contributed by atoms with van der Waals surface area (Å²) in [6, 6.07) is 5.09. The standard InChI is InChI=1S/C30H35ClF2N6O2/c1-16-10-21(35-6)20(13-34)22(24(16)31)23-25(19-8-7-9-36-17(19)2)37-39(26(23)27(32)33)18-11-30(12-18)14-38(15-30)28(40)41-29(3,4)5/h7-10,13,18,27,34-35H,11-12,14-15H2,1-6H3. The maximum absolute atomic E-state index is 15.1. The average molecular weight is 585 g/mol. The molecule has 2 N–H and O–H groups in total. The number of alkyl halides is 2. The van der Waals surface area contributed by atoms with E-state index in [2.05, 4.69) is 10.3 Å². The van der Waals surface area contributed by atoms with Crippen LogP contribution in [0.5, 0.6) is 0 Å². The van der Waals surface area contributed by atoms with Crippen LogP contribution >= 0.6 is 11.6 Å². The molecule has 2 aromatic heterocycles. The average Bonchev–Trinajstić information content (AvgIpc) is 3.22. The Kier molecular flexibility index (Phi) is 7.34. The van der Waals surface area contributed by atoms with E-state index in [4.69, 9.17) is 26.8 Å². The molecule has 3 heterocycles. The van der Waals surface area contributed by atoms with Crippen molar-refractivity contribution in [1.82, 2.24) is 19.7 Å². The fourth-order valence-corrected chi connectivity index (χ4v) is 6.35. The maximum Gasteiger partial charge on any atom is 0.410 e. The number of amides is 1. The number of anilines is 1. The third kappa shape index (κ3) is 5.07. The molecule has 11 heteroatoms. The maximum atomic E-state index is 15.1. The number of pyridine rings is 1. The van der Waals surface area contributed by atoms with Gasteiger partial charge in [-0.2, -0.15) is 5.10 Å². The van der Waals surface area contributed by atoms with E-state index < -0.39 is 12.0 Å². The summed E-state index contributed by atoms with van der Waals surface area (Å²) in [5.41, 5.74) is 2.93. The second-order valence-electron chi connectivity index (χ2n) is 12.1. The van der Waals surface area contributed by atoms with Crippen LogP contribution in [0.1, 0.15) is 68.6 Å². The molecule has 8 nitrogen and oxygen atoms in total. The number of benzene rings is 1. The summed E-state index contributed by atoms with van der Waals surface area (Å²) in [5, 5.41) is 16.4. The Morgan fingerprint density at radius 3 is 2.51 bits per heavy atom. The van der Waals surface area contributed by atoms with Gasteiger partial charge >= 0.3 is 6.09 Å². The molecule has 2 fully saturated rings. The Labute approximate surface area is 243 Å². The number of halogens is 3. The summed E-state index contributed by atoms with van der Waals surface area (Å²) < 4.78 is 37.2. The van der Waals surface area contributed by atoms with E-state index in [-0.39, 0.29) is 28.8 Å². The number of aryl methyl sites for hydroxylation is 2. The van der Waals surface area contributed by atoms with Crippen molar-refractivity contribution in [2.24, 2.45) is 5.41 Å². The zero-order chi connectivity index (χ0) is 29.9. The summed E-state index contributed by atoms with van der Waals surface area (Å²) in [6.07, 6.45) is 0.792. The molecule has 1 aliphatic carbocycles. The van der Waals surface area contributed by atoms with Gasteiger partial charge in [-0.05, 0) is 71.2 Å². The van der Waals surface area contributed by atoms with Crippen molar-refractivity contribution < 1.29 is 18.3 Å².